The number of thioether (sulfide) groups is 1. The molecule has 2 heterocycles. The maximum Gasteiger partial charge on any atom is 0.316 e. The molecule has 0 saturated carbocycles. The number of ether oxygens (including phenoxy) is 1. The van der Waals surface area contributed by atoms with Gasteiger partial charge in [-0.05, 0) is 50.7 Å². The van der Waals surface area contributed by atoms with Gasteiger partial charge in [0.1, 0.15) is 5.75 Å². The third-order valence-corrected chi connectivity index (χ3v) is 5.64. The van der Waals surface area contributed by atoms with Crippen molar-refractivity contribution in [2.75, 3.05) is 5.75 Å². The molecule has 7 heteroatoms. The Morgan fingerprint density at radius 2 is 2.35 bits per heavy atom. The summed E-state index contributed by atoms with van der Waals surface area (Å²) in [4.78, 5) is 14.0. The van der Waals surface area contributed by atoms with E-state index in [1.165, 1.54) is 28.6 Å². The molecule has 0 fully saturated rings. The number of rotatable bonds is 5. The summed E-state index contributed by atoms with van der Waals surface area (Å²) < 4.78 is 10.8. The van der Waals surface area contributed by atoms with E-state index < -0.39 is 0 Å². The molecular formula is C16H20N2O3S2. The molecule has 0 N–H and O–H groups in total. The molecule has 1 aliphatic carbocycles. The highest BCUT2D eigenvalue weighted by atomic mass is 32.2. The number of hydrogen-bond donors (Lipinski definition) is 0. The number of hydrogen-bond acceptors (Lipinski definition) is 7. The lowest BCUT2D eigenvalue weighted by Crippen LogP contribution is -2.13. The number of carbonyl (C=O) groups excluding carboxylic acids is 1. The van der Waals surface area contributed by atoms with Gasteiger partial charge in [-0.25, -0.2) is 0 Å². The van der Waals surface area contributed by atoms with Crippen molar-refractivity contribution >= 4 is 29.1 Å². The van der Waals surface area contributed by atoms with Gasteiger partial charge in [-0.15, -0.1) is 21.5 Å². The lowest BCUT2D eigenvalue weighted by atomic mass is 9.90. The van der Waals surface area contributed by atoms with Crippen LogP contribution in [0, 0.1) is 5.92 Å². The number of thiophene rings is 1. The van der Waals surface area contributed by atoms with Gasteiger partial charge in [-0.1, -0.05) is 18.7 Å². The molecule has 5 nitrogen and oxygen atoms in total. The van der Waals surface area contributed by atoms with Gasteiger partial charge < -0.3 is 9.15 Å². The maximum absolute atomic E-state index is 11.5. The lowest BCUT2D eigenvalue weighted by molar-refractivity contribution is -0.144. The SMILES string of the molecule is CC(C)OC(=O)CSc1nnc(-c2cc3c(s2)CC[C@H](C)C3)o1. The first-order valence-electron chi connectivity index (χ1n) is 7.79. The van der Waals surface area contributed by atoms with Crippen LogP contribution in [0.15, 0.2) is 15.7 Å². The van der Waals surface area contributed by atoms with Gasteiger partial charge in [-0.3, -0.25) is 4.79 Å². The summed E-state index contributed by atoms with van der Waals surface area (Å²) in [6, 6.07) is 2.17. The summed E-state index contributed by atoms with van der Waals surface area (Å²) in [5.74, 6) is 1.19. The third kappa shape index (κ3) is 4.14. The quantitative estimate of drug-likeness (QED) is 0.599. The van der Waals surface area contributed by atoms with Gasteiger partial charge in [0.2, 0.25) is 0 Å². The van der Waals surface area contributed by atoms with Crippen molar-refractivity contribution in [3.63, 3.8) is 0 Å². The van der Waals surface area contributed by atoms with E-state index in [9.17, 15) is 4.79 Å². The van der Waals surface area contributed by atoms with E-state index in [0.717, 1.165) is 23.6 Å². The van der Waals surface area contributed by atoms with Crippen LogP contribution in [0.4, 0.5) is 0 Å². The van der Waals surface area contributed by atoms with Gasteiger partial charge in [0.05, 0.1) is 11.0 Å². The number of carbonyl (C=O) groups is 1. The fourth-order valence-corrected chi connectivity index (χ4v) is 4.27. The highest BCUT2D eigenvalue weighted by molar-refractivity contribution is 7.99. The van der Waals surface area contributed by atoms with E-state index in [4.69, 9.17) is 9.15 Å². The minimum Gasteiger partial charge on any atom is -0.462 e. The highest BCUT2D eigenvalue weighted by Gasteiger charge is 2.21. The van der Waals surface area contributed by atoms with Crippen LogP contribution in [0.2, 0.25) is 0 Å². The smallest absolute Gasteiger partial charge is 0.316 e. The summed E-state index contributed by atoms with van der Waals surface area (Å²) in [5.41, 5.74) is 1.41. The zero-order valence-corrected chi connectivity index (χ0v) is 15.1. The van der Waals surface area contributed by atoms with Crippen LogP contribution < -0.4 is 0 Å². The Morgan fingerprint density at radius 1 is 1.52 bits per heavy atom. The van der Waals surface area contributed by atoms with Crippen LogP contribution in [0.25, 0.3) is 10.8 Å². The molecule has 0 aliphatic heterocycles. The Bertz CT molecular complexity index is 693. The van der Waals surface area contributed by atoms with Crippen LogP contribution in [-0.4, -0.2) is 28.0 Å². The van der Waals surface area contributed by atoms with Crippen molar-refractivity contribution in [3.05, 3.63) is 16.5 Å². The zero-order chi connectivity index (χ0) is 16.4. The Labute approximate surface area is 143 Å². The zero-order valence-electron chi connectivity index (χ0n) is 13.5. The largest absolute Gasteiger partial charge is 0.462 e. The molecule has 2 aromatic heterocycles. The Kier molecular flexibility index (Phi) is 5.06. The van der Waals surface area contributed by atoms with E-state index in [1.807, 2.05) is 13.8 Å². The first-order chi connectivity index (χ1) is 11.0. The molecule has 1 aliphatic rings. The summed E-state index contributed by atoms with van der Waals surface area (Å²) in [6.45, 7) is 5.94. The molecule has 124 valence electrons. The monoisotopic (exact) mass is 352 g/mol. The molecule has 0 amide bonds. The normalized spacial score (nSPS) is 17.3. The van der Waals surface area contributed by atoms with Crippen LogP contribution in [0.3, 0.4) is 0 Å². The second kappa shape index (κ2) is 7.05. The Morgan fingerprint density at radius 3 is 3.13 bits per heavy atom. The fraction of sp³-hybridized carbons (Fsp3) is 0.562. The average Bonchev–Trinajstić information content (AvgIpc) is 3.10. The Balaban J connectivity index is 1.64. The molecule has 23 heavy (non-hydrogen) atoms. The second-order valence-corrected chi connectivity index (χ2v) is 8.17. The molecule has 0 aromatic carbocycles. The van der Waals surface area contributed by atoms with Crippen molar-refractivity contribution in [1.82, 2.24) is 10.2 Å². The predicted octanol–water partition coefficient (Wildman–Crippen LogP) is 3.97. The van der Waals surface area contributed by atoms with Gasteiger partial charge in [-0.2, -0.15) is 0 Å². The van der Waals surface area contributed by atoms with E-state index in [0.29, 0.717) is 11.1 Å². The van der Waals surface area contributed by atoms with E-state index >= 15 is 0 Å². The highest BCUT2D eigenvalue weighted by Crippen LogP contribution is 2.37. The van der Waals surface area contributed by atoms with Crippen molar-refractivity contribution in [2.45, 2.75) is 51.4 Å². The van der Waals surface area contributed by atoms with Gasteiger partial charge >= 0.3 is 5.97 Å². The molecule has 0 unspecified atom stereocenters. The lowest BCUT2D eigenvalue weighted by Gasteiger charge is -2.16. The molecular weight excluding hydrogens is 332 g/mol. The second-order valence-electron chi connectivity index (χ2n) is 6.11. The van der Waals surface area contributed by atoms with Crippen LogP contribution in [-0.2, 0) is 22.4 Å². The maximum atomic E-state index is 11.5. The number of aryl methyl sites for hydroxylation is 1. The summed E-state index contributed by atoms with van der Waals surface area (Å²) >= 11 is 2.95. The summed E-state index contributed by atoms with van der Waals surface area (Å²) in [7, 11) is 0. The average molecular weight is 352 g/mol. The minimum atomic E-state index is -0.273. The molecule has 0 radical (unpaired) electrons. The summed E-state index contributed by atoms with van der Waals surface area (Å²) in [5, 5.41) is 8.52. The molecule has 2 aromatic rings. The molecule has 0 saturated heterocycles. The predicted molar refractivity (Wildman–Crippen MR) is 90.8 cm³/mol. The molecule has 0 bridgehead atoms. The van der Waals surface area contributed by atoms with Crippen LogP contribution >= 0.6 is 23.1 Å². The molecule has 1 atom stereocenters. The Hall–Kier alpha value is -1.34. The standard InChI is InChI=1S/C16H20N2O3S2/c1-9(2)20-14(19)8-22-16-18-17-15(21-16)13-7-11-6-10(3)4-5-12(11)23-13/h7,9-10H,4-6,8H2,1-3H3/t10-/m0/s1. The number of esters is 1. The summed E-state index contributed by atoms with van der Waals surface area (Å²) in [6.07, 6.45) is 3.40. The third-order valence-electron chi connectivity index (χ3n) is 3.63. The van der Waals surface area contributed by atoms with Gasteiger partial charge in [0.15, 0.2) is 0 Å². The number of fused-ring (bicyclic) bond motifs is 1. The van der Waals surface area contributed by atoms with Crippen LogP contribution in [0.5, 0.6) is 0 Å². The van der Waals surface area contributed by atoms with Gasteiger partial charge in [0.25, 0.3) is 11.1 Å². The van der Waals surface area contributed by atoms with Crippen molar-refractivity contribution in [2.24, 2.45) is 5.92 Å². The minimum absolute atomic E-state index is 0.110. The number of aromatic nitrogens is 2. The first-order valence-corrected chi connectivity index (χ1v) is 9.59. The first kappa shape index (κ1) is 16.5. The van der Waals surface area contributed by atoms with Crippen molar-refractivity contribution < 1.29 is 13.9 Å². The van der Waals surface area contributed by atoms with Crippen molar-refractivity contribution in [1.29, 1.82) is 0 Å². The molecule has 0 spiro atoms. The fourth-order valence-electron chi connectivity index (χ4n) is 2.60. The van der Waals surface area contributed by atoms with Gasteiger partial charge in [0, 0.05) is 4.88 Å². The van der Waals surface area contributed by atoms with Crippen LogP contribution in [0.1, 0.15) is 37.6 Å². The van der Waals surface area contributed by atoms with E-state index in [-0.39, 0.29) is 17.8 Å². The number of nitrogens with zero attached hydrogens (tertiary/aromatic N) is 2. The van der Waals surface area contributed by atoms with Crippen molar-refractivity contribution in [3.8, 4) is 10.8 Å². The van der Waals surface area contributed by atoms with E-state index in [2.05, 4.69) is 23.2 Å². The molecule has 3 rings (SSSR count). The topological polar surface area (TPSA) is 65.2 Å². The van der Waals surface area contributed by atoms with E-state index in [1.54, 1.807) is 11.3 Å².